The molecule has 0 aromatic carbocycles. The minimum absolute atomic E-state index is 0.819. The first-order valence-corrected chi connectivity index (χ1v) is 14.6. The van der Waals surface area contributed by atoms with E-state index in [9.17, 15) is 0 Å². The summed E-state index contributed by atoms with van der Waals surface area (Å²) in [5.41, 5.74) is 1.86. The fraction of sp³-hybridized carbons (Fsp3) is 0.273. The molecule has 2 nitrogen and oxygen atoms in total. The van der Waals surface area contributed by atoms with Crippen LogP contribution in [-0.2, 0) is 0 Å². The van der Waals surface area contributed by atoms with Crippen LogP contribution in [0.1, 0.15) is 5.56 Å². The Hall–Kier alpha value is -0.641. The summed E-state index contributed by atoms with van der Waals surface area (Å²) < 4.78 is 1.25. The van der Waals surface area contributed by atoms with Gasteiger partial charge in [0.15, 0.2) is 0 Å². The van der Waals surface area contributed by atoms with Gasteiger partial charge in [0.25, 0.3) is 0 Å². The van der Waals surface area contributed by atoms with E-state index in [0.717, 1.165) is 11.3 Å². The number of hydrogen-bond donors (Lipinski definition) is 0. The van der Waals surface area contributed by atoms with Gasteiger partial charge >= 0.3 is 89.8 Å². The van der Waals surface area contributed by atoms with Gasteiger partial charge in [0.05, 0.1) is 0 Å². The molecule has 0 aliphatic heterocycles. The van der Waals surface area contributed by atoms with Gasteiger partial charge in [-0.25, -0.2) is 0 Å². The maximum absolute atomic E-state index is 4.44. The second-order valence-electron chi connectivity index (χ2n) is 4.24. The Bertz CT molecular complexity index is 364. The van der Waals surface area contributed by atoms with Crippen molar-refractivity contribution in [2.24, 2.45) is 4.99 Å². The van der Waals surface area contributed by atoms with Crippen LogP contribution >= 0.6 is 0 Å². The van der Waals surface area contributed by atoms with Crippen LogP contribution in [-0.4, -0.2) is 30.1 Å². The van der Waals surface area contributed by atoms with Crippen molar-refractivity contribution in [3.05, 3.63) is 24.4 Å². The molecule has 0 saturated heterocycles. The van der Waals surface area contributed by atoms with Crippen LogP contribution in [0, 0.1) is 0 Å². The van der Waals surface area contributed by atoms with Crippen LogP contribution in [0.15, 0.2) is 23.8 Å². The Morgan fingerprint density at radius 3 is 2.50 bits per heavy atom. The molecule has 14 heavy (non-hydrogen) atoms. The minimum atomic E-state index is -2.05. The molecule has 0 aliphatic carbocycles. The Morgan fingerprint density at radius 2 is 2.07 bits per heavy atom. The van der Waals surface area contributed by atoms with Gasteiger partial charge < -0.3 is 0 Å². The van der Waals surface area contributed by atoms with E-state index in [4.69, 9.17) is 0 Å². The zero-order valence-electron chi connectivity index (χ0n) is 9.04. The predicted molar refractivity (Wildman–Crippen MR) is 66.5 cm³/mol. The van der Waals surface area contributed by atoms with E-state index in [1.54, 1.807) is 6.20 Å². The summed E-state index contributed by atoms with van der Waals surface area (Å²) in [6.07, 6.45) is 3.61. The van der Waals surface area contributed by atoms with Gasteiger partial charge in [-0.05, 0) is 0 Å². The Balaban J connectivity index is 3.27. The van der Waals surface area contributed by atoms with Gasteiger partial charge in [-0.2, -0.15) is 0 Å². The summed E-state index contributed by atoms with van der Waals surface area (Å²) in [6, 6.07) is 2.10. The topological polar surface area (TPSA) is 25.2 Å². The molecule has 1 aromatic heterocycles. The standard InChI is InChI=1S/C8H7N2.3CH3.Sn/c1-3-7-4-5-10-6-8(7)9-2;;;;/h3-4,6H,1-2H2;3*1H3;. The Labute approximate surface area is 89.7 Å². The van der Waals surface area contributed by atoms with Crippen molar-refractivity contribution in [2.75, 3.05) is 0 Å². The van der Waals surface area contributed by atoms with Crippen molar-refractivity contribution in [2.45, 2.75) is 14.8 Å². The molecule has 0 amide bonds. The summed E-state index contributed by atoms with van der Waals surface area (Å²) in [4.78, 5) is 15.4. The first-order chi connectivity index (χ1) is 6.49. The third-order valence-corrected chi connectivity index (χ3v) is 7.24. The van der Waals surface area contributed by atoms with Crippen LogP contribution in [0.2, 0.25) is 14.8 Å². The number of nitrogens with zero attached hydrogens (tertiary/aromatic N) is 2. The second kappa shape index (κ2) is 4.25. The van der Waals surface area contributed by atoms with Crippen molar-refractivity contribution in [3.8, 4) is 0 Å². The third kappa shape index (κ3) is 2.44. The van der Waals surface area contributed by atoms with E-state index in [-0.39, 0.29) is 0 Å². The van der Waals surface area contributed by atoms with Crippen molar-refractivity contribution >= 4 is 40.6 Å². The van der Waals surface area contributed by atoms with E-state index >= 15 is 0 Å². The number of pyridine rings is 1. The van der Waals surface area contributed by atoms with Crippen molar-refractivity contribution in [1.29, 1.82) is 0 Å². The average molecular weight is 295 g/mol. The van der Waals surface area contributed by atoms with E-state index in [1.807, 2.05) is 6.08 Å². The zero-order valence-corrected chi connectivity index (χ0v) is 11.9. The van der Waals surface area contributed by atoms with Gasteiger partial charge in [0.1, 0.15) is 0 Å². The quantitative estimate of drug-likeness (QED) is 0.621. The summed E-state index contributed by atoms with van der Waals surface area (Å²) in [6.45, 7) is 7.28. The molecule has 0 fully saturated rings. The number of aliphatic imine (C=N–C) groups is 1. The summed E-state index contributed by atoms with van der Waals surface area (Å²) in [5, 5.41) is 0. The van der Waals surface area contributed by atoms with Crippen LogP contribution in [0.5, 0.6) is 0 Å². The molecule has 0 saturated carbocycles. The molecule has 1 rings (SSSR count). The average Bonchev–Trinajstić information content (AvgIpc) is 2.15. The Morgan fingerprint density at radius 1 is 1.43 bits per heavy atom. The second-order valence-corrected chi connectivity index (χ2v) is 18.5. The third-order valence-electron chi connectivity index (χ3n) is 2.07. The van der Waals surface area contributed by atoms with Crippen molar-refractivity contribution in [1.82, 2.24) is 4.98 Å². The molecule has 74 valence electrons. The van der Waals surface area contributed by atoms with E-state index in [0.29, 0.717) is 0 Å². The molecule has 1 aromatic rings. The molecular formula is C11H16N2Sn. The summed E-state index contributed by atoms with van der Waals surface area (Å²) >= 11 is -2.05. The van der Waals surface area contributed by atoms with Crippen molar-refractivity contribution < 1.29 is 0 Å². The fourth-order valence-corrected chi connectivity index (χ4v) is 4.14. The number of rotatable bonds is 3. The normalized spacial score (nSPS) is 11.1. The molecule has 0 N–H and O–H groups in total. The van der Waals surface area contributed by atoms with Gasteiger partial charge in [-0.3, -0.25) is 0 Å². The summed E-state index contributed by atoms with van der Waals surface area (Å²) in [5.74, 6) is 0. The number of hydrogen-bond acceptors (Lipinski definition) is 2. The van der Waals surface area contributed by atoms with Crippen molar-refractivity contribution in [3.63, 3.8) is 0 Å². The Kier molecular flexibility index (Phi) is 3.47. The molecule has 1 heterocycles. The van der Waals surface area contributed by atoms with Crippen LogP contribution in [0.3, 0.4) is 0 Å². The molecule has 0 unspecified atom stereocenters. The van der Waals surface area contributed by atoms with Gasteiger partial charge in [-0.1, -0.05) is 0 Å². The first kappa shape index (κ1) is 11.4. The molecule has 0 radical (unpaired) electrons. The van der Waals surface area contributed by atoms with Crippen LogP contribution in [0.25, 0.3) is 6.08 Å². The predicted octanol–water partition coefficient (Wildman–Crippen LogP) is 2.60. The summed E-state index contributed by atoms with van der Waals surface area (Å²) in [7, 11) is 0. The van der Waals surface area contributed by atoms with E-state index in [1.165, 1.54) is 3.71 Å². The maximum atomic E-state index is 4.44. The van der Waals surface area contributed by atoms with Gasteiger partial charge in [0.2, 0.25) is 0 Å². The monoisotopic (exact) mass is 296 g/mol. The fourth-order valence-electron chi connectivity index (χ4n) is 1.17. The SMILES string of the molecule is C=Cc1c[c]([Sn]([CH3])([CH3])[CH3])ncc1N=C. The molecule has 0 spiro atoms. The first-order valence-electron chi connectivity index (χ1n) is 4.58. The number of aromatic nitrogens is 1. The molecule has 0 aliphatic rings. The molecular weight excluding hydrogens is 279 g/mol. The molecule has 3 heteroatoms. The molecule has 0 bridgehead atoms. The van der Waals surface area contributed by atoms with Gasteiger partial charge in [0, 0.05) is 0 Å². The zero-order chi connectivity index (χ0) is 10.8. The van der Waals surface area contributed by atoms with Crippen LogP contribution in [0.4, 0.5) is 5.69 Å². The van der Waals surface area contributed by atoms with Gasteiger partial charge in [-0.15, -0.1) is 0 Å². The van der Waals surface area contributed by atoms with E-state index in [2.05, 4.69) is 44.2 Å². The molecule has 0 atom stereocenters. The van der Waals surface area contributed by atoms with E-state index < -0.39 is 18.4 Å². The van der Waals surface area contributed by atoms with Crippen LogP contribution < -0.4 is 3.71 Å².